The molecule has 3 amide bonds. The highest BCUT2D eigenvalue weighted by Gasteiger charge is 2.29. The Morgan fingerprint density at radius 2 is 1.25 bits per heavy atom. The molecule has 0 rings (SSSR count). The Kier molecular flexibility index (Phi) is 8.15. The number of primary amides is 1. The van der Waals surface area contributed by atoms with Gasteiger partial charge in [0.05, 0.1) is 0 Å². The molecule has 0 aromatic carbocycles. The van der Waals surface area contributed by atoms with Crippen molar-refractivity contribution in [1.82, 2.24) is 9.96 Å². The lowest BCUT2D eigenvalue weighted by atomic mass is 10.4. The molecule has 0 heterocycles. The number of amides is 3. The lowest BCUT2D eigenvalue weighted by Crippen LogP contribution is -2.56. The van der Waals surface area contributed by atoms with E-state index in [0.717, 1.165) is 0 Å². The topological polar surface area (TPSA) is 84.2 Å². The van der Waals surface area contributed by atoms with E-state index in [9.17, 15) is 22.8 Å². The molecule has 0 spiro atoms. The zero-order chi connectivity index (χ0) is 16.8. The third-order valence-corrected chi connectivity index (χ3v) is 3.31. The van der Waals surface area contributed by atoms with E-state index in [1.54, 1.807) is 0 Å². The van der Waals surface area contributed by atoms with Crippen LogP contribution in [0.1, 0.15) is 6.42 Å². The second-order valence-electron chi connectivity index (χ2n) is 6.34. The van der Waals surface area contributed by atoms with Crippen LogP contribution in [0.25, 0.3) is 0 Å². The molecule has 0 unspecified atom stereocenters. The molecular weight excluding hydrogens is 307 g/mol. The number of rotatable bonds is 3. The Bertz CT molecular complexity index is 318. The van der Waals surface area contributed by atoms with Crippen molar-refractivity contribution in [2.45, 2.75) is 51.9 Å². The minimum atomic E-state index is -4.45. The summed E-state index contributed by atoms with van der Waals surface area (Å²) in [6, 6.07) is 0.00772. The van der Waals surface area contributed by atoms with Gasteiger partial charge in [-0.05, 0) is 0 Å². The highest BCUT2D eigenvalue weighted by atomic mass is 28.3. The number of hydrogen-bond donors (Lipinski definition) is 3. The van der Waals surface area contributed by atoms with Gasteiger partial charge in [0.1, 0.15) is 22.9 Å². The molecule has 0 aromatic heterocycles. The van der Waals surface area contributed by atoms with Gasteiger partial charge in [0, 0.05) is 0 Å². The molecule has 0 fully saturated rings. The van der Waals surface area contributed by atoms with Crippen molar-refractivity contribution >= 4 is 28.4 Å². The Hall–Kier alpha value is -1.04. The van der Waals surface area contributed by atoms with Crippen molar-refractivity contribution in [3.63, 3.8) is 0 Å². The fraction of sp³-hybridized carbons (Fsp3) is 0.800. The lowest BCUT2D eigenvalue weighted by Gasteiger charge is -2.23. The molecule has 5 nitrogen and oxygen atoms in total. The Morgan fingerprint density at radius 1 is 0.950 bits per heavy atom. The number of alkyl halides is 3. The van der Waals surface area contributed by atoms with E-state index in [1.165, 1.54) is 0 Å². The van der Waals surface area contributed by atoms with Gasteiger partial charge in [-0.3, -0.25) is 9.59 Å². The molecule has 20 heavy (non-hydrogen) atoms. The minimum absolute atomic E-state index is 0.00772. The average molecular weight is 331 g/mol. The van der Waals surface area contributed by atoms with E-state index < -0.39 is 35.0 Å². The Balaban J connectivity index is 0. The molecule has 0 bridgehead atoms. The van der Waals surface area contributed by atoms with E-state index in [1.807, 2.05) is 0 Å². The standard InChI is InChI=1S/C7H20N2OSi2.C3H4F3NO/c1-11(2,3)8-7(10)9-12(4,5)6;4-3(5,6)1-2(7)8/h1-6H3,(H2,8,9,10);1H2,(H2,7,8). The molecule has 120 valence electrons. The van der Waals surface area contributed by atoms with E-state index in [4.69, 9.17) is 0 Å². The zero-order valence-electron chi connectivity index (χ0n) is 12.7. The molecular formula is C10H24F3N3O2Si2. The summed E-state index contributed by atoms with van der Waals surface area (Å²) in [5.74, 6) is -1.35. The number of hydrogen-bond acceptors (Lipinski definition) is 2. The summed E-state index contributed by atoms with van der Waals surface area (Å²) >= 11 is 0. The number of carbonyl (C=O) groups is 2. The molecule has 0 atom stereocenters. The van der Waals surface area contributed by atoms with Gasteiger partial charge in [-0.1, -0.05) is 39.3 Å². The number of nitrogens with one attached hydrogen (secondary N) is 2. The van der Waals surface area contributed by atoms with Crippen LogP contribution in [0.5, 0.6) is 0 Å². The second kappa shape index (κ2) is 7.67. The van der Waals surface area contributed by atoms with Crippen molar-refractivity contribution in [1.29, 1.82) is 0 Å². The molecule has 0 saturated heterocycles. The fourth-order valence-corrected chi connectivity index (χ4v) is 2.52. The lowest BCUT2D eigenvalue weighted by molar-refractivity contribution is -0.151. The van der Waals surface area contributed by atoms with Crippen molar-refractivity contribution in [2.24, 2.45) is 5.73 Å². The molecule has 0 radical (unpaired) electrons. The first-order chi connectivity index (χ1) is 8.52. The third kappa shape index (κ3) is 22.2. The van der Waals surface area contributed by atoms with Gasteiger partial charge in [0.15, 0.2) is 0 Å². The van der Waals surface area contributed by atoms with Crippen molar-refractivity contribution in [3.8, 4) is 0 Å². The summed E-state index contributed by atoms with van der Waals surface area (Å²) in [7, 11) is -2.92. The first kappa shape index (κ1) is 21.3. The first-order valence-corrected chi connectivity index (χ1v) is 13.0. The van der Waals surface area contributed by atoms with E-state index in [0.29, 0.717) is 0 Å². The summed E-state index contributed by atoms with van der Waals surface area (Å²) in [4.78, 5) is 26.8. The van der Waals surface area contributed by atoms with Crippen LogP contribution in [0.15, 0.2) is 0 Å². The normalized spacial score (nSPS) is 12.1. The van der Waals surface area contributed by atoms with Gasteiger partial charge in [0.25, 0.3) is 6.03 Å². The number of urea groups is 1. The van der Waals surface area contributed by atoms with Crippen LogP contribution in [0, 0.1) is 0 Å². The highest BCUT2D eigenvalue weighted by molar-refractivity contribution is 6.78. The van der Waals surface area contributed by atoms with Crippen LogP contribution in [-0.2, 0) is 4.79 Å². The Morgan fingerprint density at radius 3 is 1.35 bits per heavy atom. The Labute approximate surface area is 119 Å². The van der Waals surface area contributed by atoms with Crippen LogP contribution < -0.4 is 15.7 Å². The third-order valence-electron chi connectivity index (χ3n) is 1.35. The van der Waals surface area contributed by atoms with Gasteiger partial charge in [-0.2, -0.15) is 13.2 Å². The van der Waals surface area contributed by atoms with Gasteiger partial charge in [0.2, 0.25) is 5.91 Å². The summed E-state index contributed by atoms with van der Waals surface area (Å²) in [5.41, 5.74) is 4.22. The smallest absolute Gasteiger partial charge is 0.369 e. The SMILES string of the molecule is C[Si](C)(C)NC(=O)N[Si](C)(C)C.NC(=O)CC(F)(F)F. The maximum absolute atomic E-state index is 11.3. The predicted octanol–water partition coefficient (Wildman–Crippen LogP) is 2.38. The van der Waals surface area contributed by atoms with Gasteiger partial charge < -0.3 is 15.7 Å². The number of carbonyl (C=O) groups excluding carboxylic acids is 2. The molecule has 10 heteroatoms. The van der Waals surface area contributed by atoms with Gasteiger partial charge in [-0.25, -0.2) is 0 Å². The summed E-state index contributed by atoms with van der Waals surface area (Å²) in [6.45, 7) is 12.6. The van der Waals surface area contributed by atoms with Crippen molar-refractivity contribution < 1.29 is 22.8 Å². The van der Waals surface area contributed by atoms with E-state index in [-0.39, 0.29) is 6.03 Å². The molecule has 0 aliphatic rings. The summed E-state index contributed by atoms with van der Waals surface area (Å²) in [5, 5.41) is 0. The largest absolute Gasteiger partial charge is 0.397 e. The highest BCUT2D eigenvalue weighted by Crippen LogP contribution is 2.17. The van der Waals surface area contributed by atoms with Crippen molar-refractivity contribution in [2.75, 3.05) is 0 Å². The summed E-state index contributed by atoms with van der Waals surface area (Å²) < 4.78 is 33.0. The van der Waals surface area contributed by atoms with Gasteiger partial charge >= 0.3 is 6.18 Å². The second-order valence-corrected chi connectivity index (χ2v) is 15.8. The number of halogens is 3. The minimum Gasteiger partial charge on any atom is -0.369 e. The maximum atomic E-state index is 11.3. The maximum Gasteiger partial charge on any atom is 0.397 e. The summed E-state index contributed by atoms with van der Waals surface area (Å²) in [6.07, 6.45) is -5.99. The first-order valence-electron chi connectivity index (χ1n) is 5.97. The molecule has 4 N–H and O–H groups in total. The van der Waals surface area contributed by atoms with Crippen LogP contribution in [0.3, 0.4) is 0 Å². The van der Waals surface area contributed by atoms with Crippen molar-refractivity contribution in [3.05, 3.63) is 0 Å². The van der Waals surface area contributed by atoms with Crippen LogP contribution in [0.4, 0.5) is 18.0 Å². The quantitative estimate of drug-likeness (QED) is 0.694. The van der Waals surface area contributed by atoms with Crippen LogP contribution in [0.2, 0.25) is 39.3 Å². The molecule has 0 aliphatic heterocycles. The molecule has 0 aliphatic carbocycles. The van der Waals surface area contributed by atoms with E-state index in [2.05, 4.69) is 55.0 Å². The van der Waals surface area contributed by atoms with Crippen LogP contribution in [-0.4, -0.2) is 34.6 Å². The van der Waals surface area contributed by atoms with Crippen LogP contribution >= 0.6 is 0 Å². The van der Waals surface area contributed by atoms with Gasteiger partial charge in [-0.15, -0.1) is 0 Å². The molecule has 0 saturated carbocycles. The molecule has 0 aromatic rings. The van der Waals surface area contributed by atoms with E-state index >= 15 is 0 Å². The number of nitrogens with two attached hydrogens (primary N) is 1. The zero-order valence-corrected chi connectivity index (χ0v) is 14.7. The fourth-order valence-electron chi connectivity index (χ4n) is 0.910. The predicted molar refractivity (Wildman–Crippen MR) is 78.2 cm³/mol. The average Bonchev–Trinajstić information content (AvgIpc) is 1.88. The monoisotopic (exact) mass is 331 g/mol.